The van der Waals surface area contributed by atoms with E-state index < -0.39 is 5.97 Å². The molecule has 0 aliphatic carbocycles. The van der Waals surface area contributed by atoms with Gasteiger partial charge in [-0.2, -0.15) is 0 Å². The zero-order valence-electron chi connectivity index (χ0n) is 10.6. The smallest absolute Gasteiger partial charge is 0.337 e. The van der Waals surface area contributed by atoms with Crippen LogP contribution in [0.5, 0.6) is 0 Å². The first-order chi connectivity index (χ1) is 8.61. The molecule has 2 rings (SSSR count). The van der Waals surface area contributed by atoms with Crippen LogP contribution >= 0.6 is 0 Å². The lowest BCUT2D eigenvalue weighted by Crippen LogP contribution is -2.35. The summed E-state index contributed by atoms with van der Waals surface area (Å²) in [6.45, 7) is 3.75. The summed E-state index contributed by atoms with van der Waals surface area (Å²) in [4.78, 5) is 13.4. The molecule has 1 heterocycles. The third-order valence-electron chi connectivity index (χ3n) is 3.60. The molecule has 0 atom stereocenters. The lowest BCUT2D eigenvalue weighted by Gasteiger charge is -2.33. The van der Waals surface area contributed by atoms with E-state index >= 15 is 0 Å². The topological polar surface area (TPSA) is 60.8 Å². The molecule has 0 radical (unpaired) electrons. The van der Waals surface area contributed by atoms with E-state index in [1.807, 2.05) is 19.1 Å². The number of rotatable bonds is 3. The number of nitrogens with zero attached hydrogens (tertiary/aromatic N) is 1. The van der Waals surface area contributed by atoms with Crippen LogP contribution < -0.4 is 4.90 Å². The van der Waals surface area contributed by atoms with Crippen molar-refractivity contribution in [1.29, 1.82) is 0 Å². The van der Waals surface area contributed by atoms with Crippen LogP contribution in [0.15, 0.2) is 18.2 Å². The van der Waals surface area contributed by atoms with Crippen LogP contribution in [0, 0.1) is 12.8 Å². The maximum atomic E-state index is 11.3. The van der Waals surface area contributed by atoms with Crippen LogP contribution in [0.25, 0.3) is 0 Å². The van der Waals surface area contributed by atoms with Crippen molar-refractivity contribution in [1.82, 2.24) is 0 Å². The zero-order valence-corrected chi connectivity index (χ0v) is 10.6. The Hall–Kier alpha value is -1.55. The highest BCUT2D eigenvalue weighted by Crippen LogP contribution is 2.27. The Kier molecular flexibility index (Phi) is 3.87. The number of anilines is 1. The molecule has 1 aliphatic rings. The first-order valence-corrected chi connectivity index (χ1v) is 6.31. The molecule has 1 saturated heterocycles. The lowest BCUT2D eigenvalue weighted by molar-refractivity contribution is 0.0697. The van der Waals surface area contributed by atoms with Crippen molar-refractivity contribution in [3.05, 3.63) is 29.3 Å². The maximum Gasteiger partial charge on any atom is 0.337 e. The summed E-state index contributed by atoms with van der Waals surface area (Å²) < 4.78 is 0. The number of carboxylic acid groups (broad SMARTS) is 1. The highest BCUT2D eigenvalue weighted by Gasteiger charge is 2.22. The summed E-state index contributed by atoms with van der Waals surface area (Å²) in [6, 6.07) is 5.55. The van der Waals surface area contributed by atoms with Gasteiger partial charge in [-0.05, 0) is 37.8 Å². The van der Waals surface area contributed by atoms with Gasteiger partial charge in [-0.1, -0.05) is 11.6 Å². The van der Waals surface area contributed by atoms with Crippen molar-refractivity contribution >= 4 is 11.7 Å². The second-order valence-corrected chi connectivity index (χ2v) is 4.94. The molecule has 4 heteroatoms. The average Bonchev–Trinajstić information content (AvgIpc) is 2.39. The number of hydrogen-bond donors (Lipinski definition) is 2. The molecule has 0 amide bonds. The standard InChI is InChI=1S/C14H19NO3/c1-10-2-3-13(12(8-10)14(17)18)15-6-4-11(9-16)5-7-15/h2-3,8,11,16H,4-7,9H2,1H3,(H,17,18). The van der Waals surface area contributed by atoms with Gasteiger partial charge in [0.15, 0.2) is 0 Å². The fraction of sp³-hybridized carbons (Fsp3) is 0.500. The van der Waals surface area contributed by atoms with Gasteiger partial charge in [0.05, 0.1) is 11.3 Å². The molecule has 0 unspecified atom stereocenters. The summed E-state index contributed by atoms with van der Waals surface area (Å²) in [5.41, 5.74) is 2.13. The van der Waals surface area contributed by atoms with Gasteiger partial charge >= 0.3 is 5.97 Å². The molecule has 18 heavy (non-hydrogen) atoms. The van der Waals surface area contributed by atoms with E-state index in [-0.39, 0.29) is 6.61 Å². The van der Waals surface area contributed by atoms with Crippen molar-refractivity contribution in [3.8, 4) is 0 Å². The minimum Gasteiger partial charge on any atom is -0.478 e. The Balaban J connectivity index is 2.21. The number of aliphatic hydroxyl groups is 1. The number of carbonyl (C=O) groups is 1. The van der Waals surface area contributed by atoms with Crippen LogP contribution in [-0.4, -0.2) is 35.9 Å². The van der Waals surface area contributed by atoms with Gasteiger partial charge in [-0.25, -0.2) is 4.79 Å². The van der Waals surface area contributed by atoms with Crippen molar-refractivity contribution in [3.63, 3.8) is 0 Å². The van der Waals surface area contributed by atoms with Gasteiger partial charge in [-0.3, -0.25) is 0 Å². The summed E-state index contributed by atoms with van der Waals surface area (Å²) in [7, 11) is 0. The van der Waals surface area contributed by atoms with Gasteiger partial charge < -0.3 is 15.1 Å². The van der Waals surface area contributed by atoms with Gasteiger partial charge in [0, 0.05) is 19.7 Å². The van der Waals surface area contributed by atoms with Crippen LogP contribution in [-0.2, 0) is 0 Å². The van der Waals surface area contributed by atoms with Crippen LogP contribution in [0.4, 0.5) is 5.69 Å². The maximum absolute atomic E-state index is 11.3. The van der Waals surface area contributed by atoms with Crippen LogP contribution in [0.2, 0.25) is 0 Å². The minimum absolute atomic E-state index is 0.230. The van der Waals surface area contributed by atoms with Gasteiger partial charge in [-0.15, -0.1) is 0 Å². The third-order valence-corrected chi connectivity index (χ3v) is 3.60. The second-order valence-electron chi connectivity index (χ2n) is 4.94. The summed E-state index contributed by atoms with van der Waals surface area (Å²) in [5.74, 6) is -0.516. The fourth-order valence-electron chi connectivity index (χ4n) is 2.45. The molecule has 98 valence electrons. The van der Waals surface area contributed by atoms with Crippen molar-refractivity contribution in [2.24, 2.45) is 5.92 Å². The van der Waals surface area contributed by atoms with Crippen molar-refractivity contribution in [2.75, 3.05) is 24.6 Å². The number of hydrogen-bond acceptors (Lipinski definition) is 3. The number of benzene rings is 1. The predicted octanol–water partition coefficient (Wildman–Crippen LogP) is 1.90. The first-order valence-electron chi connectivity index (χ1n) is 6.31. The highest BCUT2D eigenvalue weighted by molar-refractivity contribution is 5.94. The molecular formula is C14H19NO3. The fourth-order valence-corrected chi connectivity index (χ4v) is 2.45. The van der Waals surface area contributed by atoms with E-state index in [2.05, 4.69) is 4.90 Å². The van der Waals surface area contributed by atoms with Crippen molar-refractivity contribution in [2.45, 2.75) is 19.8 Å². The number of aryl methyl sites for hydroxylation is 1. The Morgan fingerprint density at radius 3 is 2.61 bits per heavy atom. The largest absolute Gasteiger partial charge is 0.478 e. The Labute approximate surface area is 107 Å². The quantitative estimate of drug-likeness (QED) is 0.859. The monoisotopic (exact) mass is 249 g/mol. The molecule has 0 saturated carbocycles. The third kappa shape index (κ3) is 2.64. The summed E-state index contributed by atoms with van der Waals surface area (Å²) in [5, 5.41) is 18.4. The molecule has 1 aromatic carbocycles. The number of piperidine rings is 1. The molecular weight excluding hydrogens is 230 g/mol. The molecule has 0 spiro atoms. The molecule has 0 aromatic heterocycles. The molecule has 4 nitrogen and oxygen atoms in total. The Bertz CT molecular complexity index is 437. The molecule has 1 aromatic rings. The normalized spacial score (nSPS) is 16.9. The van der Waals surface area contributed by atoms with Crippen molar-refractivity contribution < 1.29 is 15.0 Å². The average molecular weight is 249 g/mol. The highest BCUT2D eigenvalue weighted by atomic mass is 16.4. The van der Waals surface area contributed by atoms with E-state index in [9.17, 15) is 9.90 Å². The molecule has 1 fully saturated rings. The Morgan fingerprint density at radius 2 is 2.06 bits per heavy atom. The SMILES string of the molecule is Cc1ccc(N2CCC(CO)CC2)c(C(=O)O)c1. The molecule has 2 N–H and O–H groups in total. The summed E-state index contributed by atoms with van der Waals surface area (Å²) in [6.07, 6.45) is 1.84. The van der Waals surface area contributed by atoms with Crippen LogP contribution in [0.1, 0.15) is 28.8 Å². The lowest BCUT2D eigenvalue weighted by atomic mass is 9.96. The van der Waals surface area contributed by atoms with Gasteiger partial charge in [0.1, 0.15) is 0 Å². The second kappa shape index (κ2) is 5.40. The number of aliphatic hydroxyl groups excluding tert-OH is 1. The molecule has 0 bridgehead atoms. The number of carboxylic acids is 1. The van der Waals surface area contributed by atoms with Crippen LogP contribution in [0.3, 0.4) is 0 Å². The number of aromatic carboxylic acids is 1. The van der Waals surface area contributed by atoms with Gasteiger partial charge in [0.2, 0.25) is 0 Å². The predicted molar refractivity (Wildman–Crippen MR) is 70.2 cm³/mol. The van der Waals surface area contributed by atoms with E-state index in [1.165, 1.54) is 0 Å². The van der Waals surface area contributed by atoms with E-state index in [0.29, 0.717) is 11.5 Å². The van der Waals surface area contributed by atoms with E-state index in [0.717, 1.165) is 37.2 Å². The summed E-state index contributed by atoms with van der Waals surface area (Å²) >= 11 is 0. The minimum atomic E-state index is -0.877. The van der Waals surface area contributed by atoms with Gasteiger partial charge in [0.25, 0.3) is 0 Å². The molecule has 1 aliphatic heterocycles. The first kappa shape index (κ1) is 12.9. The van der Waals surface area contributed by atoms with E-state index in [4.69, 9.17) is 5.11 Å². The Morgan fingerprint density at radius 1 is 1.39 bits per heavy atom. The van der Waals surface area contributed by atoms with E-state index in [1.54, 1.807) is 6.07 Å². The zero-order chi connectivity index (χ0) is 13.1.